The van der Waals surface area contributed by atoms with Gasteiger partial charge in [-0.2, -0.15) is 0 Å². The fourth-order valence-corrected chi connectivity index (χ4v) is 2.09. The normalized spacial score (nSPS) is 18.6. The van der Waals surface area contributed by atoms with Gasteiger partial charge in [0.25, 0.3) is 7.48 Å². The zero-order chi connectivity index (χ0) is 13.8. The fraction of sp³-hybridized carbons (Fsp3) is 0.364. The van der Waals surface area contributed by atoms with Crippen LogP contribution in [0.3, 0.4) is 0 Å². The van der Waals surface area contributed by atoms with Gasteiger partial charge in [-0.15, -0.1) is 0 Å². The summed E-state index contributed by atoms with van der Waals surface area (Å²) < 4.78 is 24.0. The number of benzene rings is 1. The first-order valence-electron chi connectivity index (χ1n) is 5.68. The molecule has 0 saturated carbocycles. The third-order valence-electron chi connectivity index (χ3n) is 2.66. The number of cyclic esters (lactones) is 1. The highest BCUT2D eigenvalue weighted by molar-refractivity contribution is 14.1. The molecule has 8 heteroatoms. The second-order valence-corrected chi connectivity index (χ2v) is 5.11. The van der Waals surface area contributed by atoms with Gasteiger partial charge in [-0.1, -0.05) is 0 Å². The Labute approximate surface area is 124 Å². The number of anilines is 1. The Balaban J connectivity index is 2.01. The van der Waals surface area contributed by atoms with E-state index in [2.05, 4.69) is 0 Å². The molecule has 1 radical (unpaired) electrons. The molecule has 1 amide bonds. The summed E-state index contributed by atoms with van der Waals surface area (Å²) in [6.45, 7) is 0.454. The SMILES string of the molecule is NCO[B]C[C@H]1CN(c2ccc(I)c(F)c2)C(=O)O1. The smallest absolute Gasteiger partial charge is 0.414 e. The van der Waals surface area contributed by atoms with E-state index in [0.29, 0.717) is 22.1 Å². The van der Waals surface area contributed by atoms with E-state index in [9.17, 15) is 9.18 Å². The molecule has 1 aliphatic heterocycles. The highest BCUT2D eigenvalue weighted by atomic mass is 127. The maximum absolute atomic E-state index is 13.5. The van der Waals surface area contributed by atoms with Crippen LogP contribution in [-0.2, 0) is 9.39 Å². The molecule has 1 aromatic carbocycles. The van der Waals surface area contributed by atoms with Crippen molar-refractivity contribution in [3.63, 3.8) is 0 Å². The number of hydrogen-bond acceptors (Lipinski definition) is 4. The quantitative estimate of drug-likeness (QED) is 0.368. The summed E-state index contributed by atoms with van der Waals surface area (Å²) in [5.41, 5.74) is 5.67. The molecular formula is C11H12BFIN2O3. The zero-order valence-electron chi connectivity index (χ0n) is 10.0. The second-order valence-electron chi connectivity index (χ2n) is 3.95. The molecule has 0 bridgehead atoms. The van der Waals surface area contributed by atoms with E-state index in [1.54, 1.807) is 12.1 Å². The van der Waals surface area contributed by atoms with Crippen LogP contribution in [-0.4, -0.2) is 33.0 Å². The van der Waals surface area contributed by atoms with Gasteiger partial charge in [-0.3, -0.25) is 4.90 Å². The van der Waals surface area contributed by atoms with E-state index in [0.717, 1.165) is 0 Å². The van der Waals surface area contributed by atoms with Gasteiger partial charge >= 0.3 is 6.09 Å². The van der Waals surface area contributed by atoms with Gasteiger partial charge in [0.2, 0.25) is 0 Å². The van der Waals surface area contributed by atoms with Crippen LogP contribution < -0.4 is 10.6 Å². The van der Waals surface area contributed by atoms with E-state index >= 15 is 0 Å². The maximum atomic E-state index is 13.5. The number of hydrogen-bond donors (Lipinski definition) is 1. The van der Waals surface area contributed by atoms with Crippen molar-refractivity contribution >= 4 is 41.9 Å². The van der Waals surface area contributed by atoms with Crippen LogP contribution >= 0.6 is 22.6 Å². The third kappa shape index (κ3) is 3.57. The van der Waals surface area contributed by atoms with Gasteiger partial charge < -0.3 is 15.1 Å². The lowest BCUT2D eigenvalue weighted by Gasteiger charge is -2.13. The minimum atomic E-state index is -0.480. The van der Waals surface area contributed by atoms with Gasteiger partial charge in [0.05, 0.1) is 19.0 Å². The maximum Gasteiger partial charge on any atom is 0.414 e. The Morgan fingerprint density at radius 2 is 2.42 bits per heavy atom. The van der Waals surface area contributed by atoms with Gasteiger partial charge in [0.1, 0.15) is 11.9 Å². The monoisotopic (exact) mass is 377 g/mol. The average molecular weight is 377 g/mol. The molecule has 0 aromatic heterocycles. The summed E-state index contributed by atoms with van der Waals surface area (Å²) in [5, 5.41) is 0. The van der Waals surface area contributed by atoms with Gasteiger partial charge in [0.15, 0.2) is 0 Å². The number of ether oxygens (including phenoxy) is 1. The Bertz CT molecular complexity index is 477. The number of rotatable bonds is 5. The third-order valence-corrected chi connectivity index (χ3v) is 3.54. The van der Waals surface area contributed by atoms with Crippen molar-refractivity contribution in [1.29, 1.82) is 0 Å². The van der Waals surface area contributed by atoms with Gasteiger partial charge in [-0.25, -0.2) is 9.18 Å². The fourth-order valence-electron chi connectivity index (χ4n) is 1.75. The van der Waals surface area contributed by atoms with Crippen LogP contribution in [0, 0.1) is 9.39 Å². The number of halogens is 2. The van der Waals surface area contributed by atoms with Crippen molar-refractivity contribution in [3.05, 3.63) is 27.6 Å². The van der Waals surface area contributed by atoms with Crippen LogP contribution in [0.4, 0.5) is 14.9 Å². The number of nitrogens with zero attached hydrogens (tertiary/aromatic N) is 1. The second kappa shape index (κ2) is 6.53. The van der Waals surface area contributed by atoms with E-state index in [1.165, 1.54) is 18.4 Å². The molecule has 0 spiro atoms. The summed E-state index contributed by atoms with van der Waals surface area (Å²) in [4.78, 5) is 13.1. The molecule has 0 aliphatic carbocycles. The molecule has 2 rings (SSSR count). The molecule has 101 valence electrons. The van der Waals surface area contributed by atoms with Gasteiger partial charge in [0, 0.05) is 3.57 Å². The predicted molar refractivity (Wildman–Crippen MR) is 77.4 cm³/mol. The van der Waals surface area contributed by atoms with Crippen LogP contribution in [0.25, 0.3) is 0 Å². The summed E-state index contributed by atoms with van der Waals surface area (Å²) in [5.74, 6) is -0.354. The van der Waals surface area contributed by atoms with E-state index in [4.69, 9.17) is 15.1 Å². The molecule has 1 saturated heterocycles. The Morgan fingerprint density at radius 1 is 1.63 bits per heavy atom. The van der Waals surface area contributed by atoms with Crippen LogP contribution in [0.2, 0.25) is 6.32 Å². The molecule has 1 atom stereocenters. The summed E-state index contributed by atoms with van der Waals surface area (Å²) in [6, 6.07) is 4.63. The van der Waals surface area contributed by atoms with Crippen molar-refractivity contribution in [2.75, 3.05) is 18.2 Å². The molecule has 19 heavy (non-hydrogen) atoms. The zero-order valence-corrected chi connectivity index (χ0v) is 12.2. The molecule has 1 fully saturated rings. The molecular weight excluding hydrogens is 365 g/mol. The van der Waals surface area contributed by atoms with Crippen LogP contribution in [0.1, 0.15) is 0 Å². The lowest BCUT2D eigenvalue weighted by atomic mass is 9.91. The number of nitrogens with two attached hydrogens (primary N) is 1. The Kier molecular flexibility index (Phi) is 5.00. The highest BCUT2D eigenvalue weighted by Gasteiger charge is 2.32. The highest BCUT2D eigenvalue weighted by Crippen LogP contribution is 2.25. The first-order valence-corrected chi connectivity index (χ1v) is 6.76. The molecule has 1 aliphatic rings. The molecule has 1 heterocycles. The summed E-state index contributed by atoms with van der Waals surface area (Å²) in [6.07, 6.45) is -0.333. The average Bonchev–Trinajstić information content (AvgIpc) is 2.74. The largest absolute Gasteiger partial charge is 0.445 e. The van der Waals surface area contributed by atoms with Crippen molar-refractivity contribution < 1.29 is 18.6 Å². The van der Waals surface area contributed by atoms with E-state index in [1.807, 2.05) is 22.6 Å². The van der Waals surface area contributed by atoms with Gasteiger partial charge in [-0.05, 0) is 47.1 Å². The number of carbonyl (C=O) groups is 1. The molecule has 0 unspecified atom stereocenters. The number of carbonyl (C=O) groups excluding carboxylic acids is 1. The topological polar surface area (TPSA) is 64.8 Å². The number of amides is 1. The predicted octanol–water partition coefficient (Wildman–Crippen LogP) is 1.73. The van der Waals surface area contributed by atoms with Crippen molar-refractivity contribution in [2.45, 2.75) is 12.4 Å². The Hall–Kier alpha value is -0.865. The lowest BCUT2D eigenvalue weighted by molar-refractivity contribution is 0.148. The minimum Gasteiger partial charge on any atom is -0.445 e. The van der Waals surface area contributed by atoms with Crippen molar-refractivity contribution in [1.82, 2.24) is 0 Å². The van der Waals surface area contributed by atoms with Crippen molar-refractivity contribution in [2.24, 2.45) is 5.73 Å². The summed E-state index contributed by atoms with van der Waals surface area (Å²) >= 11 is 1.89. The summed E-state index contributed by atoms with van der Waals surface area (Å²) in [7, 11) is 1.51. The first-order chi connectivity index (χ1) is 9.11. The standard InChI is InChI=1S/C11H12BFIN2O3/c13-9-3-7(1-2-10(9)14)16-5-8(19-11(16)17)4-12-18-6-15/h1-3,8H,4-6,15H2/t8-/m0/s1. The van der Waals surface area contributed by atoms with E-state index < -0.39 is 6.09 Å². The van der Waals surface area contributed by atoms with E-state index in [-0.39, 0.29) is 18.7 Å². The van der Waals surface area contributed by atoms with Crippen LogP contribution in [0.5, 0.6) is 0 Å². The van der Waals surface area contributed by atoms with Crippen molar-refractivity contribution in [3.8, 4) is 0 Å². The van der Waals surface area contributed by atoms with Crippen LogP contribution in [0.15, 0.2) is 18.2 Å². The molecule has 2 N–H and O–H groups in total. The molecule has 5 nitrogen and oxygen atoms in total. The minimum absolute atomic E-state index is 0.0900. The lowest BCUT2D eigenvalue weighted by Crippen LogP contribution is -2.25. The first kappa shape index (κ1) is 14.5. The molecule has 1 aromatic rings. The Morgan fingerprint density at radius 3 is 3.11 bits per heavy atom.